The van der Waals surface area contributed by atoms with Crippen LogP contribution in [-0.4, -0.2) is 17.9 Å². The van der Waals surface area contributed by atoms with Gasteiger partial charge in [0.2, 0.25) is 5.91 Å². The van der Waals surface area contributed by atoms with E-state index in [9.17, 15) is 9.59 Å². The van der Waals surface area contributed by atoms with Gasteiger partial charge in [0.1, 0.15) is 5.75 Å². The van der Waals surface area contributed by atoms with Crippen molar-refractivity contribution in [2.75, 3.05) is 10.6 Å². The van der Waals surface area contributed by atoms with Crippen molar-refractivity contribution in [1.82, 2.24) is 0 Å². The lowest BCUT2D eigenvalue weighted by Gasteiger charge is -2.15. The summed E-state index contributed by atoms with van der Waals surface area (Å²) in [5.41, 5.74) is 1.38. The van der Waals surface area contributed by atoms with Gasteiger partial charge in [0.15, 0.2) is 6.10 Å². The van der Waals surface area contributed by atoms with E-state index in [1.54, 1.807) is 43.3 Å². The van der Waals surface area contributed by atoms with E-state index in [0.717, 1.165) is 23.0 Å². The van der Waals surface area contributed by atoms with Crippen molar-refractivity contribution in [2.45, 2.75) is 25.9 Å². The van der Waals surface area contributed by atoms with Crippen LogP contribution in [0.3, 0.4) is 0 Å². The number of ether oxygens (including phenoxy) is 1. The van der Waals surface area contributed by atoms with E-state index in [1.165, 1.54) is 0 Å². The molecule has 1 aliphatic rings. The molecular formula is C19H19BrN2O3. The second kappa shape index (κ2) is 7.70. The fourth-order valence-corrected chi connectivity index (χ4v) is 2.51. The first-order valence-corrected chi connectivity index (χ1v) is 8.94. The van der Waals surface area contributed by atoms with Crippen LogP contribution in [0, 0.1) is 5.92 Å². The Labute approximate surface area is 154 Å². The van der Waals surface area contributed by atoms with E-state index in [1.807, 2.05) is 12.1 Å². The largest absolute Gasteiger partial charge is 0.481 e. The van der Waals surface area contributed by atoms with Crippen LogP contribution < -0.4 is 15.4 Å². The molecule has 5 nitrogen and oxygen atoms in total. The molecule has 0 unspecified atom stereocenters. The van der Waals surface area contributed by atoms with Crippen molar-refractivity contribution in [2.24, 2.45) is 5.92 Å². The summed E-state index contributed by atoms with van der Waals surface area (Å²) in [5.74, 6) is 0.617. The molecule has 1 atom stereocenters. The highest BCUT2D eigenvalue weighted by Crippen LogP contribution is 2.30. The van der Waals surface area contributed by atoms with Crippen LogP contribution in [-0.2, 0) is 9.59 Å². The Bertz CT molecular complexity index is 755. The maximum atomic E-state index is 12.2. The number of benzene rings is 2. The van der Waals surface area contributed by atoms with Crippen LogP contribution in [0.2, 0.25) is 0 Å². The number of hydrogen-bond acceptors (Lipinski definition) is 3. The van der Waals surface area contributed by atoms with Gasteiger partial charge in [-0.1, -0.05) is 15.9 Å². The lowest BCUT2D eigenvalue weighted by Crippen LogP contribution is -2.30. The number of halogens is 1. The molecule has 2 aromatic carbocycles. The Balaban J connectivity index is 1.52. The fraction of sp³-hybridized carbons (Fsp3) is 0.263. The van der Waals surface area contributed by atoms with Gasteiger partial charge in [0, 0.05) is 21.8 Å². The van der Waals surface area contributed by atoms with E-state index in [2.05, 4.69) is 26.6 Å². The molecule has 1 aliphatic carbocycles. The number of hydrogen-bond donors (Lipinski definition) is 2. The zero-order valence-electron chi connectivity index (χ0n) is 13.8. The molecule has 25 heavy (non-hydrogen) atoms. The smallest absolute Gasteiger partial charge is 0.265 e. The Hall–Kier alpha value is -2.34. The molecule has 0 bridgehead atoms. The molecule has 0 saturated heterocycles. The Morgan fingerprint density at radius 2 is 1.56 bits per heavy atom. The maximum Gasteiger partial charge on any atom is 0.265 e. The highest BCUT2D eigenvalue weighted by atomic mass is 79.9. The number of amides is 2. The molecular weight excluding hydrogens is 384 g/mol. The van der Waals surface area contributed by atoms with Crippen LogP contribution in [0.25, 0.3) is 0 Å². The first-order valence-electron chi connectivity index (χ1n) is 8.15. The van der Waals surface area contributed by atoms with E-state index < -0.39 is 6.10 Å². The number of rotatable bonds is 6. The van der Waals surface area contributed by atoms with Gasteiger partial charge in [-0.3, -0.25) is 9.59 Å². The summed E-state index contributed by atoms with van der Waals surface area (Å²) in [7, 11) is 0. The molecule has 3 rings (SSSR count). The van der Waals surface area contributed by atoms with Gasteiger partial charge in [-0.2, -0.15) is 0 Å². The summed E-state index contributed by atoms with van der Waals surface area (Å²) in [6, 6.07) is 14.4. The summed E-state index contributed by atoms with van der Waals surface area (Å²) in [5, 5.41) is 5.67. The minimum atomic E-state index is -0.629. The van der Waals surface area contributed by atoms with Crippen molar-refractivity contribution in [3.63, 3.8) is 0 Å². The molecule has 0 spiro atoms. The van der Waals surface area contributed by atoms with Crippen LogP contribution in [0.5, 0.6) is 5.75 Å². The monoisotopic (exact) mass is 402 g/mol. The van der Waals surface area contributed by atoms with Crippen LogP contribution in [0.15, 0.2) is 53.0 Å². The predicted molar refractivity (Wildman–Crippen MR) is 101 cm³/mol. The highest BCUT2D eigenvalue weighted by Gasteiger charge is 2.29. The Kier molecular flexibility index (Phi) is 5.38. The fourth-order valence-electron chi connectivity index (χ4n) is 2.24. The third kappa shape index (κ3) is 5.06. The third-order valence-corrected chi connectivity index (χ3v) is 4.39. The number of anilines is 2. The second-order valence-corrected chi connectivity index (χ2v) is 6.96. The number of carbonyl (C=O) groups excluding carboxylic acids is 2. The van der Waals surface area contributed by atoms with Crippen molar-refractivity contribution < 1.29 is 14.3 Å². The van der Waals surface area contributed by atoms with Crippen LogP contribution >= 0.6 is 15.9 Å². The number of carbonyl (C=O) groups is 2. The first kappa shape index (κ1) is 17.5. The molecule has 0 aromatic heterocycles. The van der Waals surface area contributed by atoms with Crippen LogP contribution in [0.4, 0.5) is 11.4 Å². The van der Waals surface area contributed by atoms with Gasteiger partial charge < -0.3 is 15.4 Å². The summed E-state index contributed by atoms with van der Waals surface area (Å²) in [4.78, 5) is 23.9. The lowest BCUT2D eigenvalue weighted by atomic mass is 10.2. The molecule has 2 N–H and O–H groups in total. The second-order valence-electron chi connectivity index (χ2n) is 6.04. The van der Waals surface area contributed by atoms with E-state index in [0.29, 0.717) is 11.4 Å². The topological polar surface area (TPSA) is 67.4 Å². The van der Waals surface area contributed by atoms with Crippen molar-refractivity contribution in [1.29, 1.82) is 0 Å². The average Bonchev–Trinajstić information content (AvgIpc) is 3.43. The van der Waals surface area contributed by atoms with Gasteiger partial charge >= 0.3 is 0 Å². The van der Waals surface area contributed by atoms with Crippen molar-refractivity contribution in [3.05, 3.63) is 53.0 Å². The molecule has 2 amide bonds. The highest BCUT2D eigenvalue weighted by molar-refractivity contribution is 9.10. The minimum Gasteiger partial charge on any atom is -0.481 e. The molecule has 0 aliphatic heterocycles. The van der Waals surface area contributed by atoms with Crippen LogP contribution in [0.1, 0.15) is 19.8 Å². The van der Waals surface area contributed by atoms with E-state index in [4.69, 9.17) is 4.74 Å². The summed E-state index contributed by atoms with van der Waals surface area (Å²) < 4.78 is 6.57. The van der Waals surface area contributed by atoms with E-state index >= 15 is 0 Å². The number of nitrogens with one attached hydrogen (secondary N) is 2. The Morgan fingerprint density at radius 3 is 2.12 bits per heavy atom. The quantitative estimate of drug-likeness (QED) is 0.760. The summed E-state index contributed by atoms with van der Waals surface area (Å²) in [6.45, 7) is 1.70. The summed E-state index contributed by atoms with van der Waals surface area (Å²) >= 11 is 3.36. The molecule has 0 radical (unpaired) electrons. The lowest BCUT2D eigenvalue weighted by molar-refractivity contribution is -0.122. The third-order valence-electron chi connectivity index (χ3n) is 3.86. The average molecular weight is 403 g/mol. The van der Waals surface area contributed by atoms with Crippen molar-refractivity contribution in [3.8, 4) is 5.75 Å². The molecule has 130 valence electrons. The molecule has 1 saturated carbocycles. The van der Waals surface area contributed by atoms with Crippen molar-refractivity contribution >= 4 is 39.1 Å². The van der Waals surface area contributed by atoms with Gasteiger partial charge in [-0.05, 0) is 68.3 Å². The molecule has 0 heterocycles. The van der Waals surface area contributed by atoms with E-state index in [-0.39, 0.29) is 17.7 Å². The standard InChI is InChI=1S/C19H19BrN2O3/c1-12(25-17-10-4-14(20)5-11-17)18(23)21-15-6-8-16(9-7-15)22-19(24)13-2-3-13/h4-13H,2-3H2,1H3,(H,21,23)(H,22,24)/t12-/m1/s1. The van der Waals surface area contributed by atoms with Gasteiger partial charge in [-0.15, -0.1) is 0 Å². The van der Waals surface area contributed by atoms with Gasteiger partial charge in [0.25, 0.3) is 5.91 Å². The molecule has 1 fully saturated rings. The minimum absolute atomic E-state index is 0.0632. The predicted octanol–water partition coefficient (Wildman–Crippen LogP) is 4.20. The van der Waals surface area contributed by atoms with Gasteiger partial charge in [0.05, 0.1) is 0 Å². The molecule has 2 aromatic rings. The normalized spacial score (nSPS) is 14.5. The molecule has 6 heteroatoms. The first-order chi connectivity index (χ1) is 12.0. The summed E-state index contributed by atoms with van der Waals surface area (Å²) in [6.07, 6.45) is 1.31. The maximum absolute atomic E-state index is 12.2. The SMILES string of the molecule is C[C@@H](Oc1ccc(Br)cc1)C(=O)Nc1ccc(NC(=O)C2CC2)cc1. The zero-order chi connectivity index (χ0) is 17.8. The Morgan fingerprint density at radius 1 is 1.00 bits per heavy atom. The van der Waals surface area contributed by atoms with Gasteiger partial charge in [-0.25, -0.2) is 0 Å². The zero-order valence-corrected chi connectivity index (χ0v) is 15.4.